The van der Waals surface area contributed by atoms with Gasteiger partial charge in [0.05, 0.1) is 11.7 Å². The molecule has 0 fully saturated rings. The molecule has 0 bridgehead atoms. The van der Waals surface area contributed by atoms with Gasteiger partial charge in [-0.25, -0.2) is 9.78 Å². The molecule has 26 heavy (non-hydrogen) atoms. The predicted molar refractivity (Wildman–Crippen MR) is 100 cm³/mol. The molecule has 6 heteroatoms. The van der Waals surface area contributed by atoms with Crippen LogP contribution in [0, 0.1) is 0 Å². The Morgan fingerprint density at radius 2 is 1.88 bits per heavy atom. The minimum Gasteiger partial charge on any atom is -0.488 e. The summed E-state index contributed by atoms with van der Waals surface area (Å²) in [5, 5.41) is 3.40. The number of nitrogens with zero attached hydrogens (tertiary/aromatic N) is 2. The molecular formula is C20H21N3O3. The lowest BCUT2D eigenvalue weighted by Gasteiger charge is -2.19. The second kappa shape index (κ2) is 7.39. The van der Waals surface area contributed by atoms with Crippen LogP contribution in [0.5, 0.6) is 5.75 Å². The first kappa shape index (κ1) is 17.7. The smallest absolute Gasteiger partial charge is 0.413 e. The summed E-state index contributed by atoms with van der Waals surface area (Å²) in [4.78, 5) is 20.4. The second-order valence-corrected chi connectivity index (χ2v) is 6.80. The van der Waals surface area contributed by atoms with Crippen molar-refractivity contribution >= 4 is 22.8 Å². The number of anilines is 1. The van der Waals surface area contributed by atoms with Crippen molar-refractivity contribution in [1.82, 2.24) is 9.97 Å². The van der Waals surface area contributed by atoms with Crippen LogP contribution >= 0.6 is 0 Å². The SMILES string of the molecule is CC(C)(C)OC(=O)Nc1cc2c(OCc3ccccc3)ccnc2cn1. The van der Waals surface area contributed by atoms with E-state index in [1.807, 2.05) is 30.3 Å². The number of amides is 1. The van der Waals surface area contributed by atoms with E-state index in [1.54, 1.807) is 45.3 Å². The maximum absolute atomic E-state index is 11.9. The average molecular weight is 351 g/mol. The summed E-state index contributed by atoms with van der Waals surface area (Å²) >= 11 is 0. The Bertz CT molecular complexity index is 905. The van der Waals surface area contributed by atoms with Gasteiger partial charge in [0.15, 0.2) is 0 Å². The van der Waals surface area contributed by atoms with Crippen LogP contribution < -0.4 is 10.1 Å². The largest absolute Gasteiger partial charge is 0.488 e. The molecule has 1 amide bonds. The van der Waals surface area contributed by atoms with E-state index in [0.29, 0.717) is 23.7 Å². The number of carbonyl (C=O) groups is 1. The number of aromatic nitrogens is 2. The van der Waals surface area contributed by atoms with Crippen LogP contribution in [-0.2, 0) is 11.3 Å². The summed E-state index contributed by atoms with van der Waals surface area (Å²) in [6.45, 7) is 5.86. The highest BCUT2D eigenvalue weighted by atomic mass is 16.6. The highest BCUT2D eigenvalue weighted by molar-refractivity contribution is 5.90. The zero-order valence-corrected chi connectivity index (χ0v) is 15.0. The van der Waals surface area contributed by atoms with E-state index in [4.69, 9.17) is 9.47 Å². The van der Waals surface area contributed by atoms with E-state index in [1.165, 1.54) is 0 Å². The van der Waals surface area contributed by atoms with E-state index < -0.39 is 11.7 Å². The Labute approximate surface area is 152 Å². The van der Waals surface area contributed by atoms with Crippen molar-refractivity contribution in [1.29, 1.82) is 0 Å². The summed E-state index contributed by atoms with van der Waals surface area (Å²) in [5.74, 6) is 1.05. The van der Waals surface area contributed by atoms with Crippen LogP contribution in [0.15, 0.2) is 54.9 Å². The lowest BCUT2D eigenvalue weighted by molar-refractivity contribution is 0.0635. The molecule has 0 unspecified atom stereocenters. The number of fused-ring (bicyclic) bond motifs is 1. The molecule has 3 rings (SSSR count). The average Bonchev–Trinajstić information content (AvgIpc) is 2.59. The minimum atomic E-state index is -0.577. The van der Waals surface area contributed by atoms with Crippen LogP contribution in [0.2, 0.25) is 0 Å². The van der Waals surface area contributed by atoms with Gasteiger partial charge in [-0.1, -0.05) is 30.3 Å². The van der Waals surface area contributed by atoms with Crippen molar-refractivity contribution in [3.8, 4) is 5.75 Å². The zero-order valence-electron chi connectivity index (χ0n) is 15.0. The first-order chi connectivity index (χ1) is 12.4. The van der Waals surface area contributed by atoms with Crippen LogP contribution in [0.3, 0.4) is 0 Å². The predicted octanol–water partition coefficient (Wildman–Crippen LogP) is 4.56. The van der Waals surface area contributed by atoms with Gasteiger partial charge in [0.1, 0.15) is 23.8 Å². The number of rotatable bonds is 4. The number of benzene rings is 1. The summed E-state index contributed by atoms with van der Waals surface area (Å²) in [7, 11) is 0. The fourth-order valence-electron chi connectivity index (χ4n) is 2.36. The molecule has 0 aliphatic carbocycles. The third kappa shape index (κ3) is 4.69. The summed E-state index contributed by atoms with van der Waals surface area (Å²) < 4.78 is 11.2. The van der Waals surface area contributed by atoms with Gasteiger partial charge >= 0.3 is 6.09 Å². The van der Waals surface area contributed by atoms with Gasteiger partial charge in [0.2, 0.25) is 0 Å². The molecule has 0 aliphatic heterocycles. The molecule has 134 valence electrons. The number of hydrogen-bond donors (Lipinski definition) is 1. The Morgan fingerprint density at radius 3 is 2.62 bits per heavy atom. The van der Waals surface area contributed by atoms with Crippen LogP contribution in [0.25, 0.3) is 10.9 Å². The topological polar surface area (TPSA) is 73.3 Å². The molecule has 3 aromatic rings. The quantitative estimate of drug-likeness (QED) is 0.746. The van der Waals surface area contributed by atoms with Gasteiger partial charge in [0, 0.05) is 11.6 Å². The highest BCUT2D eigenvalue weighted by Gasteiger charge is 2.17. The molecule has 6 nitrogen and oxygen atoms in total. The third-order valence-electron chi connectivity index (χ3n) is 3.45. The van der Waals surface area contributed by atoms with Gasteiger partial charge in [-0.05, 0) is 38.5 Å². The van der Waals surface area contributed by atoms with Crippen LogP contribution in [0.4, 0.5) is 10.6 Å². The minimum absolute atomic E-state index is 0.379. The van der Waals surface area contributed by atoms with Crippen LogP contribution in [0.1, 0.15) is 26.3 Å². The van der Waals surface area contributed by atoms with Gasteiger partial charge in [-0.2, -0.15) is 0 Å². The first-order valence-electron chi connectivity index (χ1n) is 8.32. The standard InChI is InChI=1S/C20H21N3O3/c1-20(2,3)26-19(24)23-18-11-15-16(12-22-18)21-10-9-17(15)25-13-14-7-5-4-6-8-14/h4-12H,13H2,1-3H3,(H,22,23,24). The van der Waals surface area contributed by atoms with E-state index in [2.05, 4.69) is 15.3 Å². The highest BCUT2D eigenvalue weighted by Crippen LogP contribution is 2.26. The summed E-state index contributed by atoms with van der Waals surface area (Å²) in [5.41, 5.74) is 1.18. The lowest BCUT2D eigenvalue weighted by atomic mass is 10.2. The zero-order chi connectivity index (χ0) is 18.6. The van der Waals surface area contributed by atoms with E-state index in [9.17, 15) is 4.79 Å². The molecule has 0 saturated carbocycles. The lowest BCUT2D eigenvalue weighted by Crippen LogP contribution is -2.27. The second-order valence-electron chi connectivity index (χ2n) is 6.80. The molecule has 0 aliphatic rings. The van der Waals surface area contributed by atoms with Gasteiger partial charge < -0.3 is 9.47 Å². The number of nitrogens with one attached hydrogen (secondary N) is 1. The molecular weight excluding hydrogens is 330 g/mol. The maximum Gasteiger partial charge on any atom is 0.413 e. The fourth-order valence-corrected chi connectivity index (χ4v) is 2.36. The van der Waals surface area contributed by atoms with Crippen molar-refractivity contribution in [2.45, 2.75) is 33.0 Å². The van der Waals surface area contributed by atoms with E-state index in [0.717, 1.165) is 10.9 Å². The monoisotopic (exact) mass is 351 g/mol. The van der Waals surface area contributed by atoms with Crippen molar-refractivity contribution in [2.24, 2.45) is 0 Å². The number of hydrogen-bond acceptors (Lipinski definition) is 5. The number of carbonyl (C=O) groups excluding carboxylic acids is 1. The molecule has 0 radical (unpaired) electrons. The van der Waals surface area contributed by atoms with Crippen molar-refractivity contribution < 1.29 is 14.3 Å². The molecule has 2 heterocycles. The van der Waals surface area contributed by atoms with E-state index in [-0.39, 0.29) is 0 Å². The van der Waals surface area contributed by atoms with Gasteiger partial charge in [-0.15, -0.1) is 0 Å². The third-order valence-corrected chi connectivity index (χ3v) is 3.45. The fraction of sp³-hybridized carbons (Fsp3) is 0.250. The number of pyridine rings is 2. The normalized spacial score (nSPS) is 11.2. The van der Waals surface area contributed by atoms with Gasteiger partial charge in [-0.3, -0.25) is 10.3 Å². The molecule has 2 aromatic heterocycles. The Hall–Kier alpha value is -3.15. The van der Waals surface area contributed by atoms with Crippen LogP contribution in [-0.4, -0.2) is 21.7 Å². The molecule has 1 N–H and O–H groups in total. The maximum atomic E-state index is 11.9. The Balaban J connectivity index is 1.80. The first-order valence-corrected chi connectivity index (χ1v) is 8.32. The van der Waals surface area contributed by atoms with Crippen molar-refractivity contribution in [3.63, 3.8) is 0 Å². The van der Waals surface area contributed by atoms with E-state index >= 15 is 0 Å². The summed E-state index contributed by atoms with van der Waals surface area (Å²) in [6, 6.07) is 13.4. The molecule has 1 aromatic carbocycles. The Morgan fingerprint density at radius 1 is 1.12 bits per heavy atom. The van der Waals surface area contributed by atoms with Crippen molar-refractivity contribution in [3.05, 3.63) is 60.4 Å². The molecule has 0 atom stereocenters. The van der Waals surface area contributed by atoms with Gasteiger partial charge in [0.25, 0.3) is 0 Å². The molecule has 0 saturated heterocycles. The Kier molecular flexibility index (Phi) is 5.02. The van der Waals surface area contributed by atoms with Crippen molar-refractivity contribution in [2.75, 3.05) is 5.32 Å². The number of ether oxygens (including phenoxy) is 2. The molecule has 0 spiro atoms. The summed E-state index contributed by atoms with van der Waals surface area (Å²) in [6.07, 6.45) is 2.71.